The Hall–Kier alpha value is -2.82. The van der Waals surface area contributed by atoms with Crippen LogP contribution in [0.2, 0.25) is 0 Å². The van der Waals surface area contributed by atoms with Gasteiger partial charge < -0.3 is 15.2 Å². The van der Waals surface area contributed by atoms with E-state index in [2.05, 4.69) is 50.4 Å². The minimum atomic E-state index is -0.885. The molecule has 2 aromatic carbocycles. The molecule has 5 heteroatoms. The van der Waals surface area contributed by atoms with Gasteiger partial charge in [-0.15, -0.1) is 0 Å². The third kappa shape index (κ3) is 3.57. The SMILES string of the molecule is CC(C)(C)C1CC(CNC(=O)OCC2c3ccccc3-c3ccccc32)(C(=O)O)C1. The summed E-state index contributed by atoms with van der Waals surface area (Å²) in [6.07, 6.45) is 0.599. The fourth-order valence-corrected chi connectivity index (χ4v) is 4.78. The van der Waals surface area contributed by atoms with Crippen LogP contribution in [-0.4, -0.2) is 30.3 Å². The van der Waals surface area contributed by atoms with Crippen molar-refractivity contribution in [3.63, 3.8) is 0 Å². The quantitative estimate of drug-likeness (QED) is 0.727. The zero-order valence-corrected chi connectivity index (χ0v) is 17.8. The first-order valence-electron chi connectivity index (χ1n) is 10.5. The van der Waals surface area contributed by atoms with Gasteiger partial charge in [0.15, 0.2) is 0 Å². The number of hydrogen-bond donors (Lipinski definition) is 2. The van der Waals surface area contributed by atoms with Crippen LogP contribution in [0.1, 0.15) is 50.7 Å². The molecule has 0 heterocycles. The predicted molar refractivity (Wildman–Crippen MR) is 115 cm³/mol. The Kier molecular flexibility index (Phi) is 5.08. The molecule has 4 rings (SSSR count). The number of hydrogen-bond acceptors (Lipinski definition) is 3. The standard InChI is InChI=1S/C25H29NO4/c1-24(2,3)16-12-25(13-16,22(27)28)15-26-23(29)30-14-21-19-10-6-4-8-17(19)18-9-5-7-11-20(18)21/h4-11,16,21H,12-15H2,1-3H3,(H,26,29)(H,27,28). The lowest BCUT2D eigenvalue weighted by Crippen LogP contribution is -2.54. The molecule has 2 aliphatic carbocycles. The molecule has 0 unspecified atom stereocenters. The molecule has 2 aliphatic rings. The van der Waals surface area contributed by atoms with Gasteiger partial charge in [-0.3, -0.25) is 4.79 Å². The second kappa shape index (κ2) is 7.46. The number of nitrogens with one attached hydrogen (secondary N) is 1. The minimum Gasteiger partial charge on any atom is -0.481 e. The largest absolute Gasteiger partial charge is 0.481 e. The van der Waals surface area contributed by atoms with Gasteiger partial charge in [-0.1, -0.05) is 69.3 Å². The Bertz CT molecular complexity index is 924. The number of carbonyl (C=O) groups is 2. The maximum atomic E-state index is 12.4. The third-order valence-corrected chi connectivity index (χ3v) is 6.87. The van der Waals surface area contributed by atoms with E-state index in [1.165, 1.54) is 11.1 Å². The van der Waals surface area contributed by atoms with Gasteiger partial charge in [0, 0.05) is 12.5 Å². The van der Waals surface area contributed by atoms with Crippen LogP contribution in [0.4, 0.5) is 4.79 Å². The van der Waals surface area contributed by atoms with Crippen LogP contribution >= 0.6 is 0 Å². The molecule has 0 spiro atoms. The average Bonchev–Trinajstić information content (AvgIpc) is 2.98. The van der Waals surface area contributed by atoms with E-state index in [0.29, 0.717) is 18.8 Å². The van der Waals surface area contributed by atoms with E-state index in [4.69, 9.17) is 4.74 Å². The number of carboxylic acids is 1. The maximum absolute atomic E-state index is 12.4. The first kappa shape index (κ1) is 20.5. The lowest BCUT2D eigenvalue weighted by Gasteiger charge is -2.50. The molecule has 2 N–H and O–H groups in total. The number of amides is 1. The highest BCUT2D eigenvalue weighted by atomic mass is 16.5. The lowest BCUT2D eigenvalue weighted by molar-refractivity contribution is -0.161. The zero-order valence-electron chi connectivity index (χ0n) is 17.8. The van der Waals surface area contributed by atoms with Crippen LogP contribution < -0.4 is 5.32 Å². The highest BCUT2D eigenvalue weighted by Crippen LogP contribution is 2.53. The van der Waals surface area contributed by atoms with Gasteiger partial charge in [0.1, 0.15) is 6.61 Å². The number of alkyl carbamates (subject to hydrolysis) is 1. The van der Waals surface area contributed by atoms with E-state index in [1.807, 2.05) is 24.3 Å². The molecule has 0 aromatic heterocycles. The normalized spacial score (nSPS) is 22.6. The summed E-state index contributed by atoms with van der Waals surface area (Å²) in [5.41, 5.74) is 3.84. The van der Waals surface area contributed by atoms with Gasteiger partial charge in [0.25, 0.3) is 0 Å². The lowest BCUT2D eigenvalue weighted by atomic mass is 9.54. The molecule has 1 saturated carbocycles. The van der Waals surface area contributed by atoms with Gasteiger partial charge in [-0.25, -0.2) is 4.79 Å². The van der Waals surface area contributed by atoms with Crippen molar-refractivity contribution in [1.29, 1.82) is 0 Å². The molecule has 0 radical (unpaired) electrons. The van der Waals surface area contributed by atoms with Crippen molar-refractivity contribution >= 4 is 12.1 Å². The van der Waals surface area contributed by atoms with Crippen molar-refractivity contribution in [3.8, 4) is 11.1 Å². The topological polar surface area (TPSA) is 75.6 Å². The average molecular weight is 408 g/mol. The van der Waals surface area contributed by atoms with E-state index in [1.54, 1.807) is 0 Å². The molecule has 2 aromatic rings. The number of aliphatic carboxylic acids is 1. The van der Waals surface area contributed by atoms with Crippen molar-refractivity contribution < 1.29 is 19.4 Å². The van der Waals surface area contributed by atoms with Crippen molar-refractivity contribution in [2.75, 3.05) is 13.2 Å². The minimum absolute atomic E-state index is 0.00874. The van der Waals surface area contributed by atoms with Crippen LogP contribution in [0, 0.1) is 16.7 Å². The van der Waals surface area contributed by atoms with Crippen LogP contribution in [0.25, 0.3) is 11.1 Å². The fourth-order valence-electron chi connectivity index (χ4n) is 4.78. The maximum Gasteiger partial charge on any atom is 0.407 e. The summed E-state index contributed by atoms with van der Waals surface area (Å²) in [6, 6.07) is 16.3. The Balaban J connectivity index is 1.37. The van der Waals surface area contributed by atoms with Crippen LogP contribution in [0.3, 0.4) is 0 Å². The molecule has 5 nitrogen and oxygen atoms in total. The number of carbonyl (C=O) groups excluding carboxylic acids is 1. The summed E-state index contributed by atoms with van der Waals surface area (Å²) >= 11 is 0. The monoisotopic (exact) mass is 407 g/mol. The van der Waals surface area contributed by atoms with E-state index >= 15 is 0 Å². The van der Waals surface area contributed by atoms with E-state index in [-0.39, 0.29) is 24.5 Å². The number of carboxylic acid groups (broad SMARTS) is 1. The third-order valence-electron chi connectivity index (χ3n) is 6.87. The molecule has 0 atom stereocenters. The molecular weight excluding hydrogens is 378 g/mol. The molecule has 158 valence electrons. The van der Waals surface area contributed by atoms with Gasteiger partial charge in [0.05, 0.1) is 5.41 Å². The highest BCUT2D eigenvalue weighted by molar-refractivity contribution is 5.79. The van der Waals surface area contributed by atoms with Gasteiger partial charge in [-0.2, -0.15) is 0 Å². The zero-order chi connectivity index (χ0) is 21.5. The fraction of sp³-hybridized carbons (Fsp3) is 0.440. The second-order valence-electron chi connectivity index (χ2n) is 9.74. The summed E-state index contributed by atoms with van der Waals surface area (Å²) in [7, 11) is 0. The number of fused-ring (bicyclic) bond motifs is 3. The number of benzene rings is 2. The second-order valence-corrected chi connectivity index (χ2v) is 9.74. The smallest absolute Gasteiger partial charge is 0.407 e. The Morgan fingerprint density at radius 1 is 1.03 bits per heavy atom. The van der Waals surface area contributed by atoms with Crippen molar-refractivity contribution in [3.05, 3.63) is 59.7 Å². The Labute approximate surface area is 177 Å². The molecule has 0 saturated heterocycles. The van der Waals surface area contributed by atoms with Crippen LogP contribution in [-0.2, 0) is 9.53 Å². The van der Waals surface area contributed by atoms with Gasteiger partial charge in [0.2, 0.25) is 0 Å². The van der Waals surface area contributed by atoms with Crippen LogP contribution in [0.5, 0.6) is 0 Å². The molecule has 30 heavy (non-hydrogen) atoms. The summed E-state index contributed by atoms with van der Waals surface area (Å²) in [5.74, 6) is -0.509. The highest BCUT2D eigenvalue weighted by Gasteiger charge is 2.53. The Morgan fingerprint density at radius 2 is 1.57 bits per heavy atom. The van der Waals surface area contributed by atoms with E-state index < -0.39 is 17.5 Å². The molecule has 0 bridgehead atoms. The molecule has 0 aliphatic heterocycles. The predicted octanol–water partition coefficient (Wildman–Crippen LogP) is 5.05. The molecular formula is C25H29NO4. The van der Waals surface area contributed by atoms with E-state index in [0.717, 1.165) is 11.1 Å². The van der Waals surface area contributed by atoms with Crippen molar-refractivity contribution in [2.45, 2.75) is 39.5 Å². The molecule has 1 amide bonds. The molecule has 1 fully saturated rings. The van der Waals surface area contributed by atoms with Crippen molar-refractivity contribution in [2.24, 2.45) is 16.7 Å². The summed E-state index contributed by atoms with van der Waals surface area (Å²) < 4.78 is 5.53. The number of rotatable bonds is 5. The van der Waals surface area contributed by atoms with Gasteiger partial charge in [-0.05, 0) is 46.4 Å². The van der Waals surface area contributed by atoms with Crippen molar-refractivity contribution in [1.82, 2.24) is 5.32 Å². The first-order valence-corrected chi connectivity index (χ1v) is 10.5. The van der Waals surface area contributed by atoms with Crippen LogP contribution in [0.15, 0.2) is 48.5 Å². The van der Waals surface area contributed by atoms with Gasteiger partial charge >= 0.3 is 12.1 Å². The van der Waals surface area contributed by atoms with E-state index in [9.17, 15) is 14.7 Å². The summed E-state index contributed by atoms with van der Waals surface area (Å²) in [4.78, 5) is 24.2. The summed E-state index contributed by atoms with van der Waals surface area (Å²) in [6.45, 7) is 6.71. The Morgan fingerprint density at radius 3 is 2.07 bits per heavy atom. The first-order chi connectivity index (χ1) is 14.2. The number of ether oxygens (including phenoxy) is 1. The summed E-state index contributed by atoms with van der Waals surface area (Å²) in [5, 5.41) is 12.4.